The number of aliphatic hydroxyl groups excluding tert-OH is 1. The van der Waals surface area contributed by atoms with E-state index in [-0.39, 0.29) is 18.9 Å². The van der Waals surface area contributed by atoms with Crippen molar-refractivity contribution in [1.29, 1.82) is 0 Å². The monoisotopic (exact) mass is 526 g/mol. The Labute approximate surface area is 224 Å². The maximum Gasteiger partial charge on any atom is 0.254 e. The van der Waals surface area contributed by atoms with Gasteiger partial charge in [0.15, 0.2) is 0 Å². The Bertz CT molecular complexity index is 1080. The van der Waals surface area contributed by atoms with Crippen LogP contribution in [0.5, 0.6) is 5.75 Å². The first-order valence-corrected chi connectivity index (χ1v) is 13.6. The number of β-amino-alcohol motifs (C(OH)–C–C–N with tert-alkyl or cyclic N) is 1. The summed E-state index contributed by atoms with van der Waals surface area (Å²) in [6.07, 6.45) is 4.21. The summed E-state index contributed by atoms with van der Waals surface area (Å²) in [5, 5.41) is 9.87. The lowest BCUT2D eigenvalue weighted by Crippen LogP contribution is -2.44. The Balaban J connectivity index is 1.27. The van der Waals surface area contributed by atoms with Gasteiger partial charge in [-0.2, -0.15) is 0 Å². The van der Waals surface area contributed by atoms with Crippen LogP contribution in [0.4, 0.5) is 4.39 Å². The van der Waals surface area contributed by atoms with Crippen molar-refractivity contribution in [2.24, 2.45) is 11.7 Å². The summed E-state index contributed by atoms with van der Waals surface area (Å²) in [6.45, 7) is 6.86. The highest BCUT2D eigenvalue weighted by atomic mass is 19.1. The van der Waals surface area contributed by atoms with E-state index >= 15 is 0 Å². The SMILES string of the molecule is CCC(F)(CC)CN1CCC(COc2ccc(-c3ccc(C(=O)N4CC(O)CC4C(N)=O)cc3)nc2)CC1. The van der Waals surface area contributed by atoms with Crippen LogP contribution in [0.2, 0.25) is 0 Å². The van der Waals surface area contributed by atoms with E-state index in [2.05, 4.69) is 9.88 Å². The Hall–Kier alpha value is -3.04. The fourth-order valence-electron chi connectivity index (χ4n) is 5.29. The van der Waals surface area contributed by atoms with Crippen molar-refractivity contribution < 1.29 is 23.8 Å². The van der Waals surface area contributed by atoms with Gasteiger partial charge in [0.2, 0.25) is 5.91 Å². The Morgan fingerprint density at radius 2 is 1.82 bits per heavy atom. The highest BCUT2D eigenvalue weighted by Crippen LogP contribution is 2.27. The number of ether oxygens (including phenoxy) is 1. The predicted molar refractivity (Wildman–Crippen MR) is 143 cm³/mol. The van der Waals surface area contributed by atoms with Crippen molar-refractivity contribution in [3.63, 3.8) is 0 Å². The molecule has 38 heavy (non-hydrogen) atoms. The van der Waals surface area contributed by atoms with Crippen molar-refractivity contribution in [2.75, 3.05) is 32.8 Å². The minimum Gasteiger partial charge on any atom is -0.492 e. The molecule has 0 bridgehead atoms. The van der Waals surface area contributed by atoms with Crippen LogP contribution < -0.4 is 10.5 Å². The molecule has 0 radical (unpaired) electrons. The quantitative estimate of drug-likeness (QED) is 0.491. The number of piperidine rings is 1. The molecule has 8 nitrogen and oxygen atoms in total. The van der Waals surface area contributed by atoms with Gasteiger partial charge in [0, 0.05) is 30.6 Å². The summed E-state index contributed by atoms with van der Waals surface area (Å²) >= 11 is 0. The largest absolute Gasteiger partial charge is 0.492 e. The molecule has 2 unspecified atom stereocenters. The highest BCUT2D eigenvalue weighted by molar-refractivity contribution is 5.98. The summed E-state index contributed by atoms with van der Waals surface area (Å²) in [5.74, 6) is 0.196. The molecule has 2 atom stereocenters. The number of pyridine rings is 1. The zero-order valence-corrected chi connectivity index (χ0v) is 22.3. The second-order valence-electron chi connectivity index (χ2n) is 10.6. The topological polar surface area (TPSA) is 109 Å². The van der Waals surface area contributed by atoms with E-state index in [1.54, 1.807) is 30.5 Å². The minimum absolute atomic E-state index is 0.0896. The van der Waals surface area contributed by atoms with Gasteiger partial charge < -0.3 is 25.4 Å². The first-order valence-electron chi connectivity index (χ1n) is 13.6. The van der Waals surface area contributed by atoms with Gasteiger partial charge in [-0.15, -0.1) is 0 Å². The van der Waals surface area contributed by atoms with E-state index < -0.39 is 23.7 Å². The predicted octanol–water partition coefficient (Wildman–Crippen LogP) is 3.43. The first kappa shape index (κ1) is 28.0. The van der Waals surface area contributed by atoms with Crippen LogP contribution in [0.15, 0.2) is 42.6 Å². The van der Waals surface area contributed by atoms with Gasteiger partial charge >= 0.3 is 0 Å². The average Bonchev–Trinajstić information content (AvgIpc) is 3.34. The molecule has 0 aliphatic carbocycles. The molecule has 1 aromatic carbocycles. The van der Waals surface area contributed by atoms with Gasteiger partial charge in [-0.25, -0.2) is 4.39 Å². The normalized spacial score (nSPS) is 21.0. The number of likely N-dealkylation sites (tertiary alicyclic amines) is 2. The number of aromatic nitrogens is 1. The summed E-state index contributed by atoms with van der Waals surface area (Å²) < 4.78 is 20.7. The van der Waals surface area contributed by atoms with Crippen molar-refractivity contribution in [3.8, 4) is 17.0 Å². The van der Waals surface area contributed by atoms with Gasteiger partial charge in [-0.05, 0) is 69.0 Å². The van der Waals surface area contributed by atoms with E-state index in [9.17, 15) is 19.1 Å². The van der Waals surface area contributed by atoms with Gasteiger partial charge in [-0.3, -0.25) is 14.6 Å². The van der Waals surface area contributed by atoms with Crippen LogP contribution in [-0.2, 0) is 4.79 Å². The molecule has 3 heterocycles. The molecule has 2 aliphatic rings. The average molecular weight is 527 g/mol. The number of carbonyl (C=O) groups is 2. The maximum atomic E-state index is 14.7. The van der Waals surface area contributed by atoms with E-state index in [1.165, 1.54) is 4.90 Å². The highest BCUT2D eigenvalue weighted by Gasteiger charge is 2.38. The summed E-state index contributed by atoms with van der Waals surface area (Å²) in [5.41, 5.74) is 6.33. The lowest BCUT2D eigenvalue weighted by molar-refractivity contribution is -0.121. The summed E-state index contributed by atoms with van der Waals surface area (Å²) in [7, 11) is 0. The zero-order chi connectivity index (χ0) is 27.3. The minimum atomic E-state index is -1.09. The third-order valence-electron chi connectivity index (χ3n) is 8.00. The number of halogens is 1. The number of amides is 2. The molecule has 2 aromatic rings. The molecule has 2 aliphatic heterocycles. The molecule has 9 heteroatoms. The van der Waals surface area contributed by atoms with Crippen molar-refractivity contribution in [3.05, 3.63) is 48.2 Å². The molecule has 1 aromatic heterocycles. The smallest absolute Gasteiger partial charge is 0.254 e. The number of alkyl halides is 1. The molecule has 3 N–H and O–H groups in total. The van der Waals surface area contributed by atoms with Crippen molar-refractivity contribution in [1.82, 2.24) is 14.8 Å². The third-order valence-corrected chi connectivity index (χ3v) is 8.00. The van der Waals surface area contributed by atoms with Crippen LogP contribution in [-0.4, -0.2) is 82.3 Å². The Morgan fingerprint density at radius 1 is 1.13 bits per heavy atom. The van der Waals surface area contributed by atoms with Crippen LogP contribution in [0.3, 0.4) is 0 Å². The molecule has 2 amide bonds. The van der Waals surface area contributed by atoms with Gasteiger partial charge in [0.1, 0.15) is 17.5 Å². The number of rotatable bonds is 10. The van der Waals surface area contributed by atoms with E-state index in [4.69, 9.17) is 10.5 Å². The Morgan fingerprint density at radius 3 is 2.39 bits per heavy atom. The molecule has 2 fully saturated rings. The van der Waals surface area contributed by atoms with Crippen LogP contribution >= 0.6 is 0 Å². The number of nitrogens with two attached hydrogens (primary N) is 1. The molecule has 0 spiro atoms. The van der Waals surface area contributed by atoms with Crippen LogP contribution in [0.1, 0.15) is 56.3 Å². The van der Waals surface area contributed by atoms with Crippen molar-refractivity contribution in [2.45, 2.75) is 63.8 Å². The molecule has 4 rings (SSSR count). The summed E-state index contributed by atoms with van der Waals surface area (Å²) in [4.78, 5) is 32.6. The van der Waals surface area contributed by atoms with E-state index in [1.807, 2.05) is 26.0 Å². The Kier molecular flexibility index (Phi) is 8.99. The maximum absolute atomic E-state index is 14.7. The van der Waals surface area contributed by atoms with Gasteiger partial charge in [0.25, 0.3) is 5.91 Å². The second-order valence-corrected chi connectivity index (χ2v) is 10.6. The molecule has 206 valence electrons. The second kappa shape index (κ2) is 12.2. The number of primary amides is 1. The number of hydrogen-bond donors (Lipinski definition) is 2. The van der Waals surface area contributed by atoms with Crippen LogP contribution in [0.25, 0.3) is 11.3 Å². The first-order chi connectivity index (χ1) is 18.2. The number of benzene rings is 1. The lowest BCUT2D eigenvalue weighted by Gasteiger charge is -2.36. The van der Waals surface area contributed by atoms with E-state index in [0.717, 1.165) is 37.2 Å². The number of aliphatic hydroxyl groups is 1. The third kappa shape index (κ3) is 6.69. The lowest BCUT2D eigenvalue weighted by atomic mass is 9.94. The van der Waals surface area contributed by atoms with Crippen molar-refractivity contribution >= 4 is 11.8 Å². The molecule has 2 saturated heterocycles. The van der Waals surface area contributed by atoms with E-state index in [0.29, 0.717) is 43.2 Å². The fourth-order valence-corrected chi connectivity index (χ4v) is 5.29. The number of hydrogen-bond acceptors (Lipinski definition) is 6. The molecule has 0 saturated carbocycles. The summed E-state index contributed by atoms with van der Waals surface area (Å²) in [6, 6.07) is 9.96. The molecular weight excluding hydrogens is 487 g/mol. The molecular formula is C29H39FN4O4. The zero-order valence-electron chi connectivity index (χ0n) is 22.3. The number of nitrogens with zero attached hydrogens (tertiary/aromatic N) is 3. The van der Waals surface area contributed by atoms with Gasteiger partial charge in [-0.1, -0.05) is 26.0 Å². The van der Waals surface area contributed by atoms with Crippen LogP contribution in [0, 0.1) is 5.92 Å². The fraction of sp³-hybridized carbons (Fsp3) is 0.552. The number of carbonyl (C=O) groups excluding carboxylic acids is 2. The standard InChI is InChI=1S/C29H39FN4O4/c1-3-29(30,4-2)19-33-13-11-20(12-14-33)18-38-24-9-10-25(32-16-24)21-5-7-22(8-6-21)28(37)34-17-23(35)15-26(34)27(31)36/h5-10,16,20,23,26,35H,3-4,11-15,17-19H2,1-2H3,(H2,31,36). The van der Waals surface area contributed by atoms with Gasteiger partial charge in [0.05, 0.1) is 24.6 Å².